The fourth-order valence-corrected chi connectivity index (χ4v) is 3.93. The molecule has 22 heavy (non-hydrogen) atoms. The maximum atomic E-state index is 12.1. The average molecular weight is 314 g/mol. The average Bonchev–Trinajstić information content (AvgIpc) is 3.01. The zero-order valence-corrected chi connectivity index (χ0v) is 13.2. The van der Waals surface area contributed by atoms with Gasteiger partial charge in [-0.15, -0.1) is 11.3 Å². The molecule has 1 saturated carbocycles. The smallest absolute Gasteiger partial charge is 0.227 e. The molecule has 0 radical (unpaired) electrons. The van der Waals surface area contributed by atoms with Crippen molar-refractivity contribution in [2.75, 3.05) is 5.32 Å². The Morgan fingerprint density at radius 3 is 3.09 bits per heavy atom. The quantitative estimate of drug-likeness (QED) is 0.908. The van der Waals surface area contributed by atoms with Crippen molar-refractivity contribution in [3.8, 4) is 10.7 Å². The summed E-state index contributed by atoms with van der Waals surface area (Å²) < 4.78 is 1.21. The maximum absolute atomic E-state index is 12.1. The normalized spacial score (nSPS) is 20.5. The molecule has 1 amide bonds. The van der Waals surface area contributed by atoms with Crippen LogP contribution in [0.2, 0.25) is 0 Å². The Morgan fingerprint density at radius 1 is 1.45 bits per heavy atom. The van der Waals surface area contributed by atoms with E-state index in [2.05, 4.69) is 39.6 Å². The first-order valence-corrected chi connectivity index (χ1v) is 8.56. The fourth-order valence-electron chi connectivity index (χ4n) is 2.79. The van der Waals surface area contributed by atoms with Gasteiger partial charge in [-0.3, -0.25) is 9.89 Å². The van der Waals surface area contributed by atoms with Gasteiger partial charge in [0.1, 0.15) is 10.7 Å². The molecule has 0 spiro atoms. The molecule has 0 bridgehead atoms. The summed E-state index contributed by atoms with van der Waals surface area (Å²) >= 11 is 1.65. The molecular formula is C16H18N4OS. The van der Waals surface area contributed by atoms with Crippen LogP contribution in [0.1, 0.15) is 32.6 Å². The molecule has 2 N–H and O–H groups in total. The molecule has 2 heterocycles. The number of fused-ring (bicyclic) bond motifs is 1. The van der Waals surface area contributed by atoms with Crippen LogP contribution in [-0.2, 0) is 4.79 Å². The molecule has 0 aromatic carbocycles. The van der Waals surface area contributed by atoms with Crippen LogP contribution in [0.5, 0.6) is 0 Å². The summed E-state index contributed by atoms with van der Waals surface area (Å²) in [6.45, 7) is 2.21. The van der Waals surface area contributed by atoms with E-state index in [1.807, 2.05) is 0 Å². The van der Waals surface area contributed by atoms with Crippen molar-refractivity contribution in [1.82, 2.24) is 15.2 Å². The molecule has 1 fully saturated rings. The summed E-state index contributed by atoms with van der Waals surface area (Å²) in [6.07, 6.45) is 10.3. The van der Waals surface area contributed by atoms with Crippen molar-refractivity contribution in [2.45, 2.75) is 32.6 Å². The van der Waals surface area contributed by atoms with Gasteiger partial charge in [-0.25, -0.2) is 4.98 Å². The first-order chi connectivity index (χ1) is 10.7. The van der Waals surface area contributed by atoms with Crippen LogP contribution in [0, 0.1) is 11.8 Å². The Hall–Kier alpha value is -1.95. The maximum Gasteiger partial charge on any atom is 0.227 e. The Kier molecular flexibility index (Phi) is 3.33. The van der Waals surface area contributed by atoms with Gasteiger partial charge < -0.3 is 5.32 Å². The van der Waals surface area contributed by atoms with E-state index in [0.717, 1.165) is 47.4 Å². The summed E-state index contributed by atoms with van der Waals surface area (Å²) in [5.74, 6) is 0.817. The predicted molar refractivity (Wildman–Crippen MR) is 87.6 cm³/mol. The molecule has 2 aliphatic rings. The molecule has 0 saturated heterocycles. The lowest BCUT2D eigenvalue weighted by Crippen LogP contribution is -2.28. The van der Waals surface area contributed by atoms with Gasteiger partial charge in [-0.2, -0.15) is 5.10 Å². The van der Waals surface area contributed by atoms with E-state index in [-0.39, 0.29) is 11.8 Å². The number of anilines is 1. The number of nitrogens with one attached hydrogen (secondary N) is 2. The molecule has 2 aliphatic carbocycles. The summed E-state index contributed by atoms with van der Waals surface area (Å²) in [5, 5.41) is 12.0. The van der Waals surface area contributed by atoms with Crippen molar-refractivity contribution < 1.29 is 4.79 Å². The van der Waals surface area contributed by atoms with Gasteiger partial charge in [-0.05, 0) is 25.2 Å². The van der Waals surface area contributed by atoms with E-state index < -0.39 is 0 Å². The van der Waals surface area contributed by atoms with Crippen LogP contribution in [0.3, 0.4) is 0 Å². The van der Waals surface area contributed by atoms with Crippen molar-refractivity contribution in [1.29, 1.82) is 0 Å². The molecule has 2 aromatic rings. The number of nitrogens with zero attached hydrogens (tertiary/aromatic N) is 2. The van der Waals surface area contributed by atoms with E-state index in [9.17, 15) is 4.79 Å². The first kappa shape index (κ1) is 13.7. The third-order valence-electron chi connectivity index (χ3n) is 4.39. The fraction of sp³-hybridized carbons (Fsp3) is 0.438. The number of rotatable bonds is 3. The van der Waals surface area contributed by atoms with E-state index in [4.69, 9.17) is 0 Å². The van der Waals surface area contributed by atoms with E-state index in [0.29, 0.717) is 5.92 Å². The minimum Gasteiger partial charge on any atom is -0.323 e. The minimum absolute atomic E-state index is 0.0990. The van der Waals surface area contributed by atoms with Crippen LogP contribution in [-0.4, -0.2) is 21.1 Å². The number of aromatic amines is 1. The number of aromatic nitrogens is 3. The highest BCUT2D eigenvalue weighted by Crippen LogP contribution is 2.30. The van der Waals surface area contributed by atoms with Gasteiger partial charge in [0.15, 0.2) is 0 Å². The molecule has 0 aliphatic heterocycles. The van der Waals surface area contributed by atoms with Crippen LogP contribution in [0.25, 0.3) is 22.9 Å². The Morgan fingerprint density at radius 2 is 2.32 bits per heavy atom. The van der Waals surface area contributed by atoms with Crippen molar-refractivity contribution in [2.24, 2.45) is 11.8 Å². The van der Waals surface area contributed by atoms with Crippen LogP contribution in [0.15, 0.2) is 6.20 Å². The van der Waals surface area contributed by atoms with E-state index >= 15 is 0 Å². The lowest BCUT2D eigenvalue weighted by molar-refractivity contribution is -0.122. The minimum atomic E-state index is 0.0990. The van der Waals surface area contributed by atoms with Crippen molar-refractivity contribution in [3.63, 3.8) is 0 Å². The van der Waals surface area contributed by atoms with E-state index in [1.165, 1.54) is 4.53 Å². The van der Waals surface area contributed by atoms with Crippen LogP contribution >= 0.6 is 11.3 Å². The second kappa shape index (κ2) is 5.35. The molecule has 114 valence electrons. The second-order valence-corrected chi connectivity index (χ2v) is 7.16. The molecule has 5 nitrogen and oxygen atoms in total. The number of amides is 1. The Balaban J connectivity index is 1.65. The largest absolute Gasteiger partial charge is 0.323 e. The highest BCUT2D eigenvalue weighted by Gasteiger charge is 2.26. The lowest BCUT2D eigenvalue weighted by Gasteiger charge is -2.23. The second-order valence-electron chi connectivity index (χ2n) is 6.13. The van der Waals surface area contributed by atoms with Gasteiger partial charge in [0.2, 0.25) is 5.91 Å². The zero-order valence-electron chi connectivity index (χ0n) is 12.4. The van der Waals surface area contributed by atoms with Gasteiger partial charge in [0.25, 0.3) is 0 Å². The highest BCUT2D eigenvalue weighted by molar-refractivity contribution is 7.13. The number of H-pyrrole nitrogens is 1. The summed E-state index contributed by atoms with van der Waals surface area (Å²) in [5.41, 5.74) is 1.54. The summed E-state index contributed by atoms with van der Waals surface area (Å²) in [6, 6.07) is 0. The Bertz CT molecular complexity index is 831. The highest BCUT2D eigenvalue weighted by atomic mass is 32.1. The number of hydrogen-bond donors (Lipinski definition) is 2. The van der Waals surface area contributed by atoms with Gasteiger partial charge >= 0.3 is 0 Å². The molecule has 1 unspecified atom stereocenters. The zero-order chi connectivity index (χ0) is 15.1. The van der Waals surface area contributed by atoms with Crippen LogP contribution in [0.4, 0.5) is 5.69 Å². The summed E-state index contributed by atoms with van der Waals surface area (Å²) in [4.78, 5) is 16.8. The van der Waals surface area contributed by atoms with E-state index in [1.54, 1.807) is 17.5 Å². The lowest BCUT2D eigenvalue weighted by atomic mass is 9.85. The number of hydrogen-bond acceptors (Lipinski definition) is 4. The van der Waals surface area contributed by atoms with Crippen molar-refractivity contribution >= 4 is 35.1 Å². The number of carbonyl (C=O) groups is 1. The topological polar surface area (TPSA) is 70.7 Å². The van der Waals surface area contributed by atoms with Gasteiger partial charge in [0, 0.05) is 5.92 Å². The van der Waals surface area contributed by atoms with Gasteiger partial charge in [0.05, 0.1) is 21.8 Å². The number of carbonyl (C=O) groups excluding carboxylic acids is 1. The molecule has 6 heteroatoms. The summed E-state index contributed by atoms with van der Waals surface area (Å²) in [7, 11) is 0. The third kappa shape index (κ3) is 2.37. The van der Waals surface area contributed by atoms with Crippen molar-refractivity contribution in [3.05, 3.63) is 16.1 Å². The molecule has 4 rings (SSSR count). The predicted octanol–water partition coefficient (Wildman–Crippen LogP) is 1.87. The number of thiazole rings is 1. The SMILES string of the molecule is CC1C=c2sc(-c3[nH]ncc3NC(=O)C3CCC3)nc2=CC1. The Labute approximate surface area is 132 Å². The molecule has 2 aromatic heterocycles. The molecular weight excluding hydrogens is 296 g/mol. The van der Waals surface area contributed by atoms with Gasteiger partial charge in [-0.1, -0.05) is 25.5 Å². The standard InChI is InChI=1S/C16H18N4OS/c1-9-5-6-11-13(7-9)22-16(19-11)14-12(8-17-20-14)18-15(21)10-3-2-4-10/h6-10H,2-5H2,1H3,(H,17,20)(H,18,21). The third-order valence-corrected chi connectivity index (χ3v) is 5.44. The molecule has 1 atom stereocenters. The van der Waals surface area contributed by atoms with Crippen LogP contribution < -0.4 is 15.2 Å². The monoisotopic (exact) mass is 314 g/mol. The first-order valence-electron chi connectivity index (χ1n) is 7.74.